The summed E-state index contributed by atoms with van der Waals surface area (Å²) >= 11 is 1.64. The van der Waals surface area contributed by atoms with Gasteiger partial charge in [0.1, 0.15) is 0 Å². The highest BCUT2D eigenvalue weighted by atomic mass is 32.1. The molecule has 1 aliphatic rings. The maximum Gasteiger partial charge on any atom is 0.320 e. The molecule has 1 fully saturated rings. The Hall–Kier alpha value is -1.60. The molecular formula is C16H26N4O2S. The smallest absolute Gasteiger partial charge is 0.320 e. The van der Waals surface area contributed by atoms with Crippen molar-refractivity contribution in [2.45, 2.75) is 20.4 Å². The van der Waals surface area contributed by atoms with Crippen molar-refractivity contribution in [2.75, 3.05) is 45.8 Å². The van der Waals surface area contributed by atoms with Gasteiger partial charge in [0.05, 0.1) is 13.1 Å². The van der Waals surface area contributed by atoms with E-state index in [2.05, 4.69) is 10.2 Å². The molecule has 0 saturated carbocycles. The lowest BCUT2D eigenvalue weighted by Gasteiger charge is -2.36. The first-order valence-electron chi connectivity index (χ1n) is 8.19. The largest absolute Gasteiger partial charge is 0.350 e. The van der Waals surface area contributed by atoms with Crippen LogP contribution in [0.5, 0.6) is 0 Å². The predicted molar refractivity (Wildman–Crippen MR) is 92.5 cm³/mol. The Morgan fingerprint density at radius 1 is 1.22 bits per heavy atom. The van der Waals surface area contributed by atoms with Gasteiger partial charge in [-0.2, -0.15) is 0 Å². The second kappa shape index (κ2) is 8.88. The summed E-state index contributed by atoms with van der Waals surface area (Å²) in [5.41, 5.74) is 0. The van der Waals surface area contributed by atoms with Gasteiger partial charge in [0.2, 0.25) is 5.91 Å². The summed E-state index contributed by atoms with van der Waals surface area (Å²) in [6.07, 6.45) is 0. The highest BCUT2D eigenvalue weighted by molar-refractivity contribution is 7.09. The van der Waals surface area contributed by atoms with E-state index in [1.807, 2.05) is 41.2 Å². The molecule has 1 aromatic heterocycles. The molecule has 0 atom stereocenters. The molecule has 128 valence electrons. The minimum absolute atomic E-state index is 0.0434. The van der Waals surface area contributed by atoms with Gasteiger partial charge < -0.3 is 15.1 Å². The standard InChI is InChI=1S/C16H26N4O2S/c1-3-19(4-2)16(22)20-9-7-18(8-10-20)13-15(21)17-12-14-6-5-11-23-14/h5-6,11H,3-4,7-10,12-13H2,1-2H3,(H,17,21). The van der Waals surface area contributed by atoms with Crippen LogP contribution in [0.25, 0.3) is 0 Å². The fraction of sp³-hybridized carbons (Fsp3) is 0.625. The Morgan fingerprint density at radius 2 is 1.91 bits per heavy atom. The first-order chi connectivity index (χ1) is 11.1. The molecule has 1 aliphatic heterocycles. The van der Waals surface area contributed by atoms with Crippen LogP contribution in [0.3, 0.4) is 0 Å². The van der Waals surface area contributed by atoms with Gasteiger partial charge in [0, 0.05) is 44.1 Å². The summed E-state index contributed by atoms with van der Waals surface area (Å²) in [6.45, 7) is 9.34. The molecule has 2 heterocycles. The van der Waals surface area contributed by atoms with Crippen LogP contribution in [0.15, 0.2) is 17.5 Å². The van der Waals surface area contributed by atoms with Crippen molar-refractivity contribution in [3.8, 4) is 0 Å². The van der Waals surface area contributed by atoms with Crippen molar-refractivity contribution in [1.82, 2.24) is 20.0 Å². The number of carbonyl (C=O) groups excluding carboxylic acids is 2. The molecule has 0 aromatic carbocycles. The normalized spacial score (nSPS) is 15.5. The fourth-order valence-corrected chi connectivity index (χ4v) is 3.29. The Kier molecular flexibility index (Phi) is 6.85. The van der Waals surface area contributed by atoms with E-state index in [-0.39, 0.29) is 11.9 Å². The highest BCUT2D eigenvalue weighted by Gasteiger charge is 2.24. The zero-order valence-corrected chi connectivity index (χ0v) is 14.8. The summed E-state index contributed by atoms with van der Waals surface area (Å²) in [6, 6.07) is 4.11. The Morgan fingerprint density at radius 3 is 2.48 bits per heavy atom. The average molecular weight is 338 g/mol. The van der Waals surface area contributed by atoms with Crippen LogP contribution < -0.4 is 5.32 Å². The van der Waals surface area contributed by atoms with Crippen LogP contribution in [0.1, 0.15) is 18.7 Å². The predicted octanol–water partition coefficient (Wildman–Crippen LogP) is 1.44. The van der Waals surface area contributed by atoms with Gasteiger partial charge in [-0.25, -0.2) is 4.79 Å². The van der Waals surface area contributed by atoms with Crippen molar-refractivity contribution < 1.29 is 9.59 Å². The third-order valence-electron chi connectivity index (χ3n) is 4.08. The quantitative estimate of drug-likeness (QED) is 0.854. The van der Waals surface area contributed by atoms with Crippen LogP contribution in [0.4, 0.5) is 4.79 Å². The topological polar surface area (TPSA) is 55.9 Å². The van der Waals surface area contributed by atoms with Crippen LogP contribution in [0, 0.1) is 0 Å². The summed E-state index contributed by atoms with van der Waals surface area (Å²) in [7, 11) is 0. The molecule has 0 radical (unpaired) electrons. The third kappa shape index (κ3) is 5.21. The van der Waals surface area contributed by atoms with Gasteiger partial charge in [-0.3, -0.25) is 9.69 Å². The van der Waals surface area contributed by atoms with Crippen molar-refractivity contribution in [3.05, 3.63) is 22.4 Å². The number of hydrogen-bond donors (Lipinski definition) is 1. The number of carbonyl (C=O) groups is 2. The molecule has 6 nitrogen and oxygen atoms in total. The van der Waals surface area contributed by atoms with Crippen LogP contribution in [0.2, 0.25) is 0 Å². The minimum Gasteiger partial charge on any atom is -0.350 e. The van der Waals surface area contributed by atoms with E-state index in [0.29, 0.717) is 26.2 Å². The number of amides is 3. The SMILES string of the molecule is CCN(CC)C(=O)N1CCN(CC(=O)NCc2cccs2)CC1. The Bertz CT molecular complexity index is 494. The van der Waals surface area contributed by atoms with E-state index in [9.17, 15) is 9.59 Å². The van der Waals surface area contributed by atoms with Gasteiger partial charge >= 0.3 is 6.03 Å². The molecule has 3 amide bonds. The fourth-order valence-electron chi connectivity index (χ4n) is 2.65. The lowest BCUT2D eigenvalue weighted by molar-refractivity contribution is -0.122. The van der Waals surface area contributed by atoms with Gasteiger partial charge in [-0.15, -0.1) is 11.3 Å². The third-order valence-corrected chi connectivity index (χ3v) is 4.96. The molecule has 1 saturated heterocycles. The number of nitrogens with one attached hydrogen (secondary N) is 1. The van der Waals surface area contributed by atoms with E-state index in [1.54, 1.807) is 11.3 Å². The van der Waals surface area contributed by atoms with E-state index < -0.39 is 0 Å². The Labute approximate surface area is 142 Å². The number of thiophene rings is 1. The maximum atomic E-state index is 12.3. The van der Waals surface area contributed by atoms with Crippen LogP contribution in [-0.4, -0.2) is 72.5 Å². The summed E-state index contributed by atoms with van der Waals surface area (Å²) in [4.78, 5) is 31.2. The molecule has 0 aliphatic carbocycles. The van der Waals surface area contributed by atoms with E-state index >= 15 is 0 Å². The molecule has 7 heteroatoms. The molecule has 0 bridgehead atoms. The van der Waals surface area contributed by atoms with Crippen molar-refractivity contribution in [2.24, 2.45) is 0 Å². The molecule has 0 spiro atoms. The highest BCUT2D eigenvalue weighted by Crippen LogP contribution is 2.08. The molecule has 1 N–H and O–H groups in total. The summed E-state index contributed by atoms with van der Waals surface area (Å²) < 4.78 is 0. The van der Waals surface area contributed by atoms with Crippen LogP contribution >= 0.6 is 11.3 Å². The zero-order chi connectivity index (χ0) is 16.7. The average Bonchev–Trinajstić information content (AvgIpc) is 3.08. The number of piperazine rings is 1. The first kappa shape index (κ1) is 17.7. The number of hydrogen-bond acceptors (Lipinski definition) is 4. The molecule has 1 aromatic rings. The molecule has 23 heavy (non-hydrogen) atoms. The molecule has 2 rings (SSSR count). The van der Waals surface area contributed by atoms with E-state index in [4.69, 9.17) is 0 Å². The number of urea groups is 1. The molecule has 0 unspecified atom stereocenters. The summed E-state index contributed by atoms with van der Waals surface area (Å²) in [5, 5.41) is 4.95. The second-order valence-corrected chi connectivity index (χ2v) is 6.61. The second-order valence-electron chi connectivity index (χ2n) is 5.57. The van der Waals surface area contributed by atoms with Gasteiger partial charge in [-0.05, 0) is 25.3 Å². The van der Waals surface area contributed by atoms with Crippen molar-refractivity contribution in [1.29, 1.82) is 0 Å². The number of nitrogens with zero attached hydrogens (tertiary/aromatic N) is 3. The Balaban J connectivity index is 1.69. The maximum absolute atomic E-state index is 12.3. The van der Waals surface area contributed by atoms with Gasteiger partial charge in [-0.1, -0.05) is 6.07 Å². The minimum atomic E-state index is 0.0434. The lowest BCUT2D eigenvalue weighted by atomic mass is 10.3. The van der Waals surface area contributed by atoms with Crippen molar-refractivity contribution >= 4 is 23.3 Å². The van der Waals surface area contributed by atoms with E-state index in [0.717, 1.165) is 31.1 Å². The van der Waals surface area contributed by atoms with Gasteiger partial charge in [0.25, 0.3) is 0 Å². The van der Waals surface area contributed by atoms with Crippen molar-refractivity contribution in [3.63, 3.8) is 0 Å². The summed E-state index contributed by atoms with van der Waals surface area (Å²) in [5.74, 6) is 0.0434. The van der Waals surface area contributed by atoms with Crippen LogP contribution in [-0.2, 0) is 11.3 Å². The van der Waals surface area contributed by atoms with E-state index in [1.165, 1.54) is 0 Å². The van der Waals surface area contributed by atoms with Gasteiger partial charge in [0.15, 0.2) is 0 Å². The molecular weight excluding hydrogens is 312 g/mol. The zero-order valence-electron chi connectivity index (χ0n) is 14.0. The first-order valence-corrected chi connectivity index (χ1v) is 9.07. The number of rotatable bonds is 6. The lowest BCUT2D eigenvalue weighted by Crippen LogP contribution is -2.54. The monoisotopic (exact) mass is 338 g/mol.